The SMILES string of the molecule is O=C(NCC1CCCCC1CCl)C1CCSC1. The molecular formula is C13H22ClNOS. The zero-order valence-electron chi connectivity index (χ0n) is 10.3. The van der Waals surface area contributed by atoms with Gasteiger partial charge in [0, 0.05) is 24.1 Å². The van der Waals surface area contributed by atoms with Crippen LogP contribution in [-0.4, -0.2) is 29.8 Å². The average molecular weight is 276 g/mol. The number of amides is 1. The fraction of sp³-hybridized carbons (Fsp3) is 0.923. The van der Waals surface area contributed by atoms with Gasteiger partial charge in [-0.15, -0.1) is 11.6 Å². The van der Waals surface area contributed by atoms with Crippen LogP contribution in [0.15, 0.2) is 0 Å². The second-order valence-electron chi connectivity index (χ2n) is 5.26. The van der Waals surface area contributed by atoms with Crippen LogP contribution < -0.4 is 5.32 Å². The van der Waals surface area contributed by atoms with E-state index in [-0.39, 0.29) is 11.8 Å². The lowest BCUT2D eigenvalue weighted by atomic mass is 9.80. The van der Waals surface area contributed by atoms with E-state index < -0.39 is 0 Å². The zero-order valence-corrected chi connectivity index (χ0v) is 11.9. The van der Waals surface area contributed by atoms with Gasteiger partial charge in [0.25, 0.3) is 0 Å². The van der Waals surface area contributed by atoms with E-state index in [2.05, 4.69) is 5.32 Å². The lowest BCUT2D eigenvalue weighted by Crippen LogP contribution is -2.38. The molecule has 1 heterocycles. The summed E-state index contributed by atoms with van der Waals surface area (Å²) in [5, 5.41) is 3.15. The molecule has 1 aliphatic heterocycles. The van der Waals surface area contributed by atoms with E-state index in [1.807, 2.05) is 11.8 Å². The first-order chi connectivity index (χ1) is 8.31. The monoisotopic (exact) mass is 275 g/mol. The standard InChI is InChI=1S/C13H22ClNOS/c14-7-10-3-1-2-4-11(10)8-15-13(16)12-5-6-17-9-12/h10-12H,1-9H2,(H,15,16). The van der Waals surface area contributed by atoms with Crippen molar-refractivity contribution in [2.75, 3.05) is 23.9 Å². The second kappa shape index (κ2) is 6.89. The van der Waals surface area contributed by atoms with Crippen LogP contribution in [0.2, 0.25) is 0 Å². The minimum Gasteiger partial charge on any atom is -0.356 e. The minimum absolute atomic E-state index is 0.262. The number of carbonyl (C=O) groups is 1. The number of hydrogen-bond donors (Lipinski definition) is 1. The van der Waals surface area contributed by atoms with Gasteiger partial charge in [0.05, 0.1) is 0 Å². The molecule has 3 atom stereocenters. The van der Waals surface area contributed by atoms with E-state index in [1.165, 1.54) is 25.7 Å². The molecule has 17 heavy (non-hydrogen) atoms. The summed E-state index contributed by atoms with van der Waals surface area (Å²) in [6.07, 6.45) is 6.13. The van der Waals surface area contributed by atoms with Gasteiger partial charge < -0.3 is 5.32 Å². The van der Waals surface area contributed by atoms with Gasteiger partial charge in [-0.05, 0) is 36.9 Å². The van der Waals surface area contributed by atoms with E-state index in [9.17, 15) is 4.79 Å². The lowest BCUT2D eigenvalue weighted by molar-refractivity contribution is -0.124. The second-order valence-corrected chi connectivity index (χ2v) is 6.72. The fourth-order valence-electron chi connectivity index (χ4n) is 2.87. The Bertz CT molecular complexity index is 256. The molecular weight excluding hydrogens is 254 g/mol. The number of halogens is 1. The summed E-state index contributed by atoms with van der Waals surface area (Å²) >= 11 is 7.90. The summed E-state index contributed by atoms with van der Waals surface area (Å²) < 4.78 is 0. The Morgan fingerprint density at radius 3 is 2.65 bits per heavy atom. The largest absolute Gasteiger partial charge is 0.356 e. The summed E-state index contributed by atoms with van der Waals surface area (Å²) in [5.41, 5.74) is 0. The third-order valence-corrected chi connectivity index (χ3v) is 5.66. The summed E-state index contributed by atoms with van der Waals surface area (Å²) in [7, 11) is 0. The van der Waals surface area contributed by atoms with Crippen molar-refractivity contribution in [3.63, 3.8) is 0 Å². The highest BCUT2D eigenvalue weighted by Gasteiger charge is 2.27. The lowest BCUT2D eigenvalue weighted by Gasteiger charge is -2.30. The van der Waals surface area contributed by atoms with Crippen molar-refractivity contribution >= 4 is 29.3 Å². The molecule has 2 rings (SSSR count). The van der Waals surface area contributed by atoms with Gasteiger partial charge in [0.1, 0.15) is 0 Å². The minimum atomic E-state index is 0.262. The third kappa shape index (κ3) is 3.78. The number of rotatable bonds is 4. The molecule has 2 aliphatic rings. The summed E-state index contributed by atoms with van der Waals surface area (Å²) in [5.74, 6) is 4.66. The third-order valence-electron chi connectivity index (χ3n) is 4.10. The Hall–Kier alpha value is 0.110. The maximum absolute atomic E-state index is 11.9. The van der Waals surface area contributed by atoms with E-state index in [4.69, 9.17) is 11.6 Å². The quantitative estimate of drug-likeness (QED) is 0.800. The van der Waals surface area contributed by atoms with E-state index in [0.717, 1.165) is 30.4 Å². The molecule has 1 amide bonds. The number of alkyl halides is 1. The summed E-state index contributed by atoms with van der Waals surface area (Å²) in [6, 6.07) is 0. The van der Waals surface area contributed by atoms with E-state index in [0.29, 0.717) is 11.8 Å². The smallest absolute Gasteiger partial charge is 0.223 e. The van der Waals surface area contributed by atoms with Gasteiger partial charge in [0.15, 0.2) is 0 Å². The predicted octanol–water partition coefficient (Wildman–Crippen LogP) is 2.90. The van der Waals surface area contributed by atoms with Crippen molar-refractivity contribution in [1.82, 2.24) is 5.32 Å². The highest BCUT2D eigenvalue weighted by atomic mass is 35.5. The van der Waals surface area contributed by atoms with Crippen LogP contribution in [0.1, 0.15) is 32.1 Å². The maximum atomic E-state index is 11.9. The molecule has 1 saturated carbocycles. The van der Waals surface area contributed by atoms with E-state index >= 15 is 0 Å². The van der Waals surface area contributed by atoms with Crippen LogP contribution in [0.5, 0.6) is 0 Å². The average Bonchev–Trinajstić information content (AvgIpc) is 2.90. The van der Waals surface area contributed by atoms with Crippen molar-refractivity contribution in [3.05, 3.63) is 0 Å². The molecule has 4 heteroatoms. The number of nitrogens with one attached hydrogen (secondary N) is 1. The zero-order chi connectivity index (χ0) is 12.1. The molecule has 0 aromatic rings. The Labute approximate surface area is 113 Å². The number of thioether (sulfide) groups is 1. The number of carbonyl (C=O) groups excluding carboxylic acids is 1. The first-order valence-corrected chi connectivity index (χ1v) is 8.41. The van der Waals surface area contributed by atoms with Crippen LogP contribution in [0, 0.1) is 17.8 Å². The van der Waals surface area contributed by atoms with Gasteiger partial charge >= 0.3 is 0 Å². The molecule has 3 unspecified atom stereocenters. The highest BCUT2D eigenvalue weighted by Crippen LogP contribution is 2.30. The Morgan fingerprint density at radius 1 is 1.24 bits per heavy atom. The van der Waals surface area contributed by atoms with Crippen LogP contribution in [-0.2, 0) is 4.79 Å². The van der Waals surface area contributed by atoms with Gasteiger partial charge in [-0.3, -0.25) is 4.79 Å². The topological polar surface area (TPSA) is 29.1 Å². The maximum Gasteiger partial charge on any atom is 0.223 e. The van der Waals surface area contributed by atoms with E-state index in [1.54, 1.807) is 0 Å². The van der Waals surface area contributed by atoms with Crippen molar-refractivity contribution < 1.29 is 4.79 Å². The Kier molecular flexibility index (Phi) is 5.49. The molecule has 1 aliphatic carbocycles. The molecule has 2 nitrogen and oxygen atoms in total. The predicted molar refractivity (Wildman–Crippen MR) is 74.6 cm³/mol. The fourth-order valence-corrected chi connectivity index (χ4v) is 4.50. The molecule has 0 aromatic heterocycles. The molecule has 1 saturated heterocycles. The number of hydrogen-bond acceptors (Lipinski definition) is 2. The highest BCUT2D eigenvalue weighted by molar-refractivity contribution is 7.99. The normalized spacial score (nSPS) is 33.6. The van der Waals surface area contributed by atoms with Gasteiger partial charge in [-0.2, -0.15) is 11.8 Å². The van der Waals surface area contributed by atoms with Crippen LogP contribution >= 0.6 is 23.4 Å². The molecule has 0 radical (unpaired) electrons. The first kappa shape index (κ1) is 13.5. The molecule has 0 spiro atoms. The molecule has 0 bridgehead atoms. The van der Waals surface area contributed by atoms with Crippen molar-refractivity contribution in [2.24, 2.45) is 17.8 Å². The molecule has 2 fully saturated rings. The Morgan fingerprint density at radius 2 is 2.00 bits per heavy atom. The van der Waals surface area contributed by atoms with Crippen molar-refractivity contribution in [1.29, 1.82) is 0 Å². The van der Waals surface area contributed by atoms with Gasteiger partial charge in [0.2, 0.25) is 5.91 Å². The van der Waals surface area contributed by atoms with Crippen LogP contribution in [0.3, 0.4) is 0 Å². The Balaban J connectivity index is 1.74. The first-order valence-electron chi connectivity index (χ1n) is 6.72. The van der Waals surface area contributed by atoms with Crippen molar-refractivity contribution in [3.8, 4) is 0 Å². The summed E-state index contributed by atoms with van der Waals surface area (Å²) in [6.45, 7) is 0.845. The van der Waals surface area contributed by atoms with Crippen LogP contribution in [0.25, 0.3) is 0 Å². The molecule has 1 N–H and O–H groups in total. The molecule has 98 valence electrons. The summed E-state index contributed by atoms with van der Waals surface area (Å²) in [4.78, 5) is 11.9. The van der Waals surface area contributed by atoms with Crippen LogP contribution in [0.4, 0.5) is 0 Å². The van der Waals surface area contributed by atoms with Gasteiger partial charge in [-0.25, -0.2) is 0 Å². The molecule has 0 aromatic carbocycles. The van der Waals surface area contributed by atoms with Gasteiger partial charge in [-0.1, -0.05) is 12.8 Å². The van der Waals surface area contributed by atoms with Crippen molar-refractivity contribution in [2.45, 2.75) is 32.1 Å².